The molecule has 1 aromatic heterocycles. The number of imidazole rings is 1. The third kappa shape index (κ3) is 4.01. The van der Waals surface area contributed by atoms with Gasteiger partial charge >= 0.3 is 5.69 Å². The maximum absolute atomic E-state index is 13.0. The number of nitrogens with zero attached hydrogens (tertiary/aromatic N) is 3. The molecular weight excluding hydrogens is 406 g/mol. The Bertz CT molecular complexity index is 1070. The molecule has 0 spiro atoms. The SMILES string of the molecule is Cn1c(=O)n(C2CCC(=O)NC2=O)c2ccc(C3CCN(CC4CCCNC4)CC3)cc21. The molecule has 3 aliphatic rings. The third-order valence-electron chi connectivity index (χ3n) is 7.61. The average molecular weight is 440 g/mol. The molecule has 0 saturated carbocycles. The van der Waals surface area contributed by atoms with Crippen molar-refractivity contribution in [2.75, 3.05) is 32.7 Å². The fourth-order valence-electron chi connectivity index (χ4n) is 5.76. The molecule has 2 unspecified atom stereocenters. The van der Waals surface area contributed by atoms with Crippen LogP contribution in [0.25, 0.3) is 11.0 Å². The number of hydrogen-bond acceptors (Lipinski definition) is 5. The van der Waals surface area contributed by atoms with Crippen LogP contribution in [0, 0.1) is 5.92 Å². The largest absolute Gasteiger partial charge is 0.329 e. The first-order valence-corrected chi connectivity index (χ1v) is 12.0. The molecule has 4 heterocycles. The number of imide groups is 1. The first-order chi connectivity index (χ1) is 15.5. The highest BCUT2D eigenvalue weighted by atomic mass is 16.2. The molecule has 1 aromatic carbocycles. The van der Waals surface area contributed by atoms with Crippen LogP contribution in [-0.2, 0) is 16.6 Å². The van der Waals surface area contributed by atoms with Crippen molar-refractivity contribution in [3.8, 4) is 0 Å². The quantitative estimate of drug-likeness (QED) is 0.705. The summed E-state index contributed by atoms with van der Waals surface area (Å²) in [5.41, 5.74) is 2.68. The zero-order valence-electron chi connectivity index (χ0n) is 18.8. The Labute approximate surface area is 187 Å². The lowest BCUT2D eigenvalue weighted by molar-refractivity contribution is -0.135. The average Bonchev–Trinajstić information content (AvgIpc) is 3.05. The zero-order valence-corrected chi connectivity index (χ0v) is 18.8. The van der Waals surface area contributed by atoms with E-state index in [2.05, 4.69) is 27.7 Å². The molecule has 0 bridgehead atoms. The van der Waals surface area contributed by atoms with Gasteiger partial charge in [-0.15, -0.1) is 0 Å². The minimum atomic E-state index is -0.632. The predicted molar refractivity (Wildman–Crippen MR) is 123 cm³/mol. The van der Waals surface area contributed by atoms with E-state index in [9.17, 15) is 14.4 Å². The van der Waals surface area contributed by atoms with E-state index in [1.165, 1.54) is 24.9 Å². The fraction of sp³-hybridized carbons (Fsp3) is 0.625. The summed E-state index contributed by atoms with van der Waals surface area (Å²) >= 11 is 0. The van der Waals surface area contributed by atoms with E-state index in [1.54, 1.807) is 16.2 Å². The second-order valence-electron chi connectivity index (χ2n) is 9.71. The van der Waals surface area contributed by atoms with Crippen molar-refractivity contribution >= 4 is 22.8 Å². The number of likely N-dealkylation sites (tertiary alicyclic amines) is 1. The van der Waals surface area contributed by atoms with Crippen LogP contribution in [0.4, 0.5) is 0 Å². The van der Waals surface area contributed by atoms with Crippen molar-refractivity contribution in [3.63, 3.8) is 0 Å². The second kappa shape index (κ2) is 8.83. The highest BCUT2D eigenvalue weighted by Crippen LogP contribution is 2.31. The minimum Gasteiger partial charge on any atom is -0.316 e. The number of carbonyl (C=O) groups excluding carboxylic acids is 2. The summed E-state index contributed by atoms with van der Waals surface area (Å²) < 4.78 is 3.19. The van der Waals surface area contributed by atoms with Crippen LogP contribution in [0.1, 0.15) is 56.0 Å². The van der Waals surface area contributed by atoms with Crippen molar-refractivity contribution in [2.45, 2.75) is 50.5 Å². The Kier molecular flexibility index (Phi) is 5.90. The van der Waals surface area contributed by atoms with Crippen LogP contribution in [0.2, 0.25) is 0 Å². The van der Waals surface area contributed by atoms with Gasteiger partial charge in [-0.2, -0.15) is 0 Å². The third-order valence-corrected chi connectivity index (χ3v) is 7.61. The van der Waals surface area contributed by atoms with Crippen LogP contribution in [0.15, 0.2) is 23.0 Å². The second-order valence-corrected chi connectivity index (χ2v) is 9.71. The van der Waals surface area contributed by atoms with Gasteiger partial charge in [0.05, 0.1) is 11.0 Å². The lowest BCUT2D eigenvalue weighted by atomic mass is 9.88. The maximum atomic E-state index is 13.0. The molecule has 5 rings (SSSR count). The van der Waals surface area contributed by atoms with Crippen LogP contribution in [0.3, 0.4) is 0 Å². The Morgan fingerprint density at radius 3 is 2.56 bits per heavy atom. The zero-order chi connectivity index (χ0) is 22.2. The summed E-state index contributed by atoms with van der Waals surface area (Å²) in [6, 6.07) is 5.60. The molecule has 3 fully saturated rings. The van der Waals surface area contributed by atoms with E-state index in [0.717, 1.165) is 56.0 Å². The van der Waals surface area contributed by atoms with Gasteiger partial charge in [0.1, 0.15) is 6.04 Å². The van der Waals surface area contributed by atoms with Crippen LogP contribution >= 0.6 is 0 Å². The number of aryl methyl sites for hydroxylation is 1. The summed E-state index contributed by atoms with van der Waals surface area (Å²) in [6.07, 6.45) is 5.51. The number of carbonyl (C=O) groups is 2. The van der Waals surface area contributed by atoms with Gasteiger partial charge in [-0.05, 0) is 87.8 Å². The number of hydrogen-bond donors (Lipinski definition) is 2. The highest BCUT2D eigenvalue weighted by Gasteiger charge is 2.31. The van der Waals surface area contributed by atoms with E-state index in [1.807, 2.05) is 6.07 Å². The maximum Gasteiger partial charge on any atom is 0.329 e. The lowest BCUT2D eigenvalue weighted by Crippen LogP contribution is -2.44. The summed E-state index contributed by atoms with van der Waals surface area (Å²) in [5.74, 6) is 0.612. The van der Waals surface area contributed by atoms with Gasteiger partial charge < -0.3 is 10.2 Å². The summed E-state index contributed by atoms with van der Waals surface area (Å²) in [7, 11) is 1.76. The monoisotopic (exact) mass is 439 g/mol. The fourth-order valence-corrected chi connectivity index (χ4v) is 5.76. The van der Waals surface area contributed by atoms with E-state index in [4.69, 9.17) is 0 Å². The molecule has 8 nitrogen and oxygen atoms in total. The first-order valence-electron chi connectivity index (χ1n) is 12.0. The number of benzene rings is 1. The Balaban J connectivity index is 1.32. The number of fused-ring (bicyclic) bond motifs is 1. The molecule has 2 amide bonds. The van der Waals surface area contributed by atoms with Gasteiger partial charge in [0.2, 0.25) is 11.8 Å². The smallest absolute Gasteiger partial charge is 0.316 e. The van der Waals surface area contributed by atoms with E-state index in [0.29, 0.717) is 12.3 Å². The van der Waals surface area contributed by atoms with E-state index < -0.39 is 6.04 Å². The molecule has 2 atom stereocenters. The Hall–Kier alpha value is -2.45. The van der Waals surface area contributed by atoms with Crippen LogP contribution in [0.5, 0.6) is 0 Å². The Morgan fingerprint density at radius 1 is 1.03 bits per heavy atom. The van der Waals surface area contributed by atoms with Gasteiger partial charge in [-0.3, -0.25) is 24.0 Å². The number of nitrogens with one attached hydrogen (secondary N) is 2. The molecule has 32 heavy (non-hydrogen) atoms. The van der Waals surface area contributed by atoms with Crippen molar-refractivity contribution in [1.82, 2.24) is 24.7 Å². The van der Waals surface area contributed by atoms with Crippen molar-refractivity contribution in [1.29, 1.82) is 0 Å². The van der Waals surface area contributed by atoms with Crippen LogP contribution in [-0.4, -0.2) is 58.6 Å². The number of aromatic nitrogens is 2. The molecular formula is C24H33N5O3. The summed E-state index contributed by atoms with van der Waals surface area (Å²) in [5, 5.41) is 5.89. The van der Waals surface area contributed by atoms with Crippen molar-refractivity contribution in [2.24, 2.45) is 13.0 Å². The molecule has 3 aliphatic heterocycles. The van der Waals surface area contributed by atoms with Gasteiger partial charge in [0, 0.05) is 20.0 Å². The number of amides is 2. The van der Waals surface area contributed by atoms with Gasteiger partial charge in [0.15, 0.2) is 0 Å². The normalized spacial score (nSPS) is 25.9. The number of rotatable bonds is 4. The molecule has 0 aliphatic carbocycles. The molecule has 3 saturated heterocycles. The van der Waals surface area contributed by atoms with Gasteiger partial charge in [-0.1, -0.05) is 6.07 Å². The standard InChI is InChI=1S/C24H33N5O3/c1-27-21-13-18(17-8-11-28(12-9-17)15-16-3-2-10-25-14-16)4-5-19(21)29(24(27)32)20-6-7-22(30)26-23(20)31/h4-5,13,16-17,20,25H,2-3,6-12,14-15H2,1H3,(H,26,30,31). The Morgan fingerprint density at radius 2 is 1.84 bits per heavy atom. The minimum absolute atomic E-state index is 0.206. The van der Waals surface area contributed by atoms with Gasteiger partial charge in [0.25, 0.3) is 0 Å². The molecule has 2 aromatic rings. The summed E-state index contributed by atoms with van der Waals surface area (Å²) in [4.78, 5) is 39.5. The van der Waals surface area contributed by atoms with Crippen molar-refractivity contribution in [3.05, 3.63) is 34.2 Å². The van der Waals surface area contributed by atoms with Crippen LogP contribution < -0.4 is 16.3 Å². The van der Waals surface area contributed by atoms with E-state index in [-0.39, 0.29) is 23.9 Å². The predicted octanol–water partition coefficient (Wildman–Crippen LogP) is 1.50. The lowest BCUT2D eigenvalue weighted by Gasteiger charge is -2.35. The summed E-state index contributed by atoms with van der Waals surface area (Å²) in [6.45, 7) is 5.75. The molecule has 0 radical (unpaired) electrons. The van der Waals surface area contributed by atoms with Crippen molar-refractivity contribution < 1.29 is 9.59 Å². The molecule has 8 heteroatoms. The number of piperidine rings is 3. The highest BCUT2D eigenvalue weighted by molar-refractivity contribution is 6.00. The topological polar surface area (TPSA) is 88.4 Å². The molecule has 172 valence electrons. The molecule has 2 N–H and O–H groups in total. The van der Waals surface area contributed by atoms with Gasteiger partial charge in [-0.25, -0.2) is 4.79 Å². The van der Waals surface area contributed by atoms with E-state index >= 15 is 0 Å². The first kappa shape index (κ1) is 21.4.